The first-order valence-corrected chi connectivity index (χ1v) is 6.33. The Kier molecular flexibility index (Phi) is 4.14. The lowest BCUT2D eigenvalue weighted by Crippen LogP contribution is -1.94. The van der Waals surface area contributed by atoms with Crippen molar-refractivity contribution < 1.29 is 13.3 Å². The monoisotopic (exact) mass is 266 g/mol. The molecule has 0 aliphatic heterocycles. The van der Waals surface area contributed by atoms with Crippen molar-refractivity contribution in [2.24, 2.45) is 0 Å². The lowest BCUT2D eigenvalue weighted by Gasteiger charge is -2.04. The van der Waals surface area contributed by atoms with Crippen LogP contribution < -0.4 is 5.73 Å². The fraction of sp³-hybridized carbons (Fsp3) is 0.357. The average molecular weight is 266 g/mol. The van der Waals surface area contributed by atoms with Crippen molar-refractivity contribution in [3.63, 3.8) is 0 Å². The highest BCUT2D eigenvalue weighted by atomic mass is 19.1. The van der Waals surface area contributed by atoms with E-state index in [1.165, 1.54) is 12.1 Å². The number of hydrogen-bond donors (Lipinski definition) is 1. The third-order valence-corrected chi connectivity index (χ3v) is 3.01. The second-order valence-corrected chi connectivity index (χ2v) is 4.45. The first-order valence-electron chi connectivity index (χ1n) is 6.33. The van der Waals surface area contributed by atoms with Gasteiger partial charge in [-0.2, -0.15) is 0 Å². The van der Waals surface area contributed by atoms with Crippen LogP contribution >= 0.6 is 0 Å². The van der Waals surface area contributed by atoms with Crippen molar-refractivity contribution in [3.8, 4) is 11.1 Å². The first kappa shape index (κ1) is 13.5. The molecule has 0 bridgehead atoms. The van der Waals surface area contributed by atoms with Gasteiger partial charge in [-0.1, -0.05) is 24.9 Å². The molecular formula is C14H16F2N2O. The number of benzene rings is 1. The minimum Gasteiger partial charge on any atom is -0.367 e. The predicted octanol–water partition coefficient (Wildman–Crippen LogP) is 3.93. The molecule has 1 heterocycles. The van der Waals surface area contributed by atoms with Crippen molar-refractivity contribution in [1.29, 1.82) is 0 Å². The molecule has 0 radical (unpaired) electrons. The summed E-state index contributed by atoms with van der Waals surface area (Å²) in [5.74, 6) is -1.22. The molecule has 0 atom stereocenters. The lowest BCUT2D eigenvalue weighted by atomic mass is 10.0. The Morgan fingerprint density at radius 2 is 2.05 bits per heavy atom. The van der Waals surface area contributed by atoms with E-state index in [1.807, 2.05) is 0 Å². The summed E-state index contributed by atoms with van der Waals surface area (Å²) < 4.78 is 31.7. The third kappa shape index (κ3) is 2.92. The summed E-state index contributed by atoms with van der Waals surface area (Å²) in [6.07, 6.45) is 3.73. The topological polar surface area (TPSA) is 52.0 Å². The van der Waals surface area contributed by atoms with Gasteiger partial charge in [0.15, 0.2) is 0 Å². The van der Waals surface area contributed by atoms with E-state index in [0.717, 1.165) is 25.3 Å². The van der Waals surface area contributed by atoms with Gasteiger partial charge in [-0.05, 0) is 25.0 Å². The fourth-order valence-electron chi connectivity index (χ4n) is 2.03. The van der Waals surface area contributed by atoms with Crippen LogP contribution in [0.5, 0.6) is 0 Å². The number of nitrogen functional groups attached to an aromatic ring is 1. The average Bonchev–Trinajstić information content (AvgIpc) is 2.72. The second-order valence-electron chi connectivity index (χ2n) is 4.45. The number of nitrogens with two attached hydrogens (primary N) is 1. The van der Waals surface area contributed by atoms with Gasteiger partial charge in [-0.25, -0.2) is 8.78 Å². The molecular weight excluding hydrogens is 250 g/mol. The quantitative estimate of drug-likeness (QED) is 0.834. The van der Waals surface area contributed by atoms with Crippen LogP contribution in [0, 0.1) is 11.6 Å². The van der Waals surface area contributed by atoms with E-state index >= 15 is 0 Å². The van der Waals surface area contributed by atoms with Crippen LogP contribution in [0.1, 0.15) is 31.9 Å². The second kappa shape index (κ2) is 5.82. The summed E-state index contributed by atoms with van der Waals surface area (Å²) in [6, 6.07) is 3.38. The molecule has 3 nitrogen and oxygen atoms in total. The van der Waals surface area contributed by atoms with Gasteiger partial charge in [0, 0.05) is 11.6 Å². The first-order chi connectivity index (χ1) is 9.13. The maximum absolute atomic E-state index is 13.8. The molecule has 0 aliphatic rings. The maximum atomic E-state index is 13.8. The number of unbranched alkanes of at least 4 members (excludes halogenated alkanes) is 2. The van der Waals surface area contributed by atoms with Crippen LogP contribution in [-0.4, -0.2) is 5.16 Å². The third-order valence-electron chi connectivity index (χ3n) is 3.01. The smallest absolute Gasteiger partial charge is 0.230 e. The summed E-state index contributed by atoms with van der Waals surface area (Å²) in [7, 11) is 0. The molecule has 0 fully saturated rings. The van der Waals surface area contributed by atoms with Crippen LogP contribution in [0.25, 0.3) is 11.1 Å². The Bertz CT molecular complexity index is 567. The van der Waals surface area contributed by atoms with Gasteiger partial charge >= 0.3 is 0 Å². The molecule has 1 aromatic heterocycles. The molecule has 0 amide bonds. The number of aromatic nitrogens is 1. The number of hydrogen-bond acceptors (Lipinski definition) is 3. The van der Waals surface area contributed by atoms with Gasteiger partial charge in [0.25, 0.3) is 0 Å². The minimum atomic E-state index is -0.661. The standard InChI is InChI=1S/C14H16F2N2O/c1-2-3-4-5-12-13(14(17)19-18-12)10-7-6-9(15)8-11(10)16/h6-8H,2-5,17H2,1H3. The molecule has 0 aliphatic carbocycles. The predicted molar refractivity (Wildman–Crippen MR) is 69.5 cm³/mol. The highest BCUT2D eigenvalue weighted by Gasteiger charge is 2.18. The Balaban J connectivity index is 2.35. The number of rotatable bonds is 5. The molecule has 0 spiro atoms. The zero-order valence-corrected chi connectivity index (χ0v) is 10.7. The molecule has 5 heteroatoms. The van der Waals surface area contributed by atoms with Gasteiger partial charge in [-0.3, -0.25) is 0 Å². The zero-order chi connectivity index (χ0) is 13.8. The molecule has 2 aromatic rings. The number of aryl methyl sites for hydroxylation is 1. The summed E-state index contributed by atoms with van der Waals surface area (Å²) >= 11 is 0. The van der Waals surface area contributed by atoms with Crippen LogP contribution in [0.4, 0.5) is 14.7 Å². The van der Waals surface area contributed by atoms with Crippen molar-refractivity contribution in [1.82, 2.24) is 5.16 Å². The Morgan fingerprint density at radius 1 is 1.26 bits per heavy atom. The Hall–Kier alpha value is -1.91. The summed E-state index contributed by atoms with van der Waals surface area (Å²) in [4.78, 5) is 0. The molecule has 0 unspecified atom stereocenters. The van der Waals surface area contributed by atoms with Crippen LogP contribution in [0.2, 0.25) is 0 Å². The maximum Gasteiger partial charge on any atom is 0.230 e. The minimum absolute atomic E-state index is 0.0667. The number of halogens is 2. The Morgan fingerprint density at radius 3 is 2.74 bits per heavy atom. The summed E-state index contributed by atoms with van der Waals surface area (Å²) in [6.45, 7) is 2.09. The molecule has 2 rings (SSSR count). The van der Waals surface area contributed by atoms with E-state index in [0.29, 0.717) is 17.7 Å². The number of anilines is 1. The van der Waals surface area contributed by atoms with Gasteiger partial charge in [0.1, 0.15) is 11.6 Å². The van der Waals surface area contributed by atoms with Crippen molar-refractivity contribution >= 4 is 5.88 Å². The Labute approximate surface area is 110 Å². The zero-order valence-electron chi connectivity index (χ0n) is 10.7. The lowest BCUT2D eigenvalue weighted by molar-refractivity contribution is 0.426. The van der Waals surface area contributed by atoms with E-state index in [9.17, 15) is 8.78 Å². The normalized spacial score (nSPS) is 10.9. The van der Waals surface area contributed by atoms with E-state index in [2.05, 4.69) is 12.1 Å². The van der Waals surface area contributed by atoms with E-state index in [-0.39, 0.29) is 11.4 Å². The van der Waals surface area contributed by atoms with E-state index in [1.54, 1.807) is 0 Å². The van der Waals surface area contributed by atoms with Crippen LogP contribution in [0.15, 0.2) is 22.7 Å². The molecule has 19 heavy (non-hydrogen) atoms. The molecule has 2 N–H and O–H groups in total. The van der Waals surface area contributed by atoms with Crippen molar-refractivity contribution in [2.75, 3.05) is 5.73 Å². The highest BCUT2D eigenvalue weighted by molar-refractivity contribution is 5.75. The van der Waals surface area contributed by atoms with Crippen molar-refractivity contribution in [3.05, 3.63) is 35.5 Å². The SMILES string of the molecule is CCCCCc1noc(N)c1-c1ccc(F)cc1F. The van der Waals surface area contributed by atoms with Crippen LogP contribution in [0.3, 0.4) is 0 Å². The summed E-state index contributed by atoms with van der Waals surface area (Å²) in [5, 5.41) is 3.87. The molecule has 102 valence electrons. The highest BCUT2D eigenvalue weighted by Crippen LogP contribution is 2.32. The van der Waals surface area contributed by atoms with Gasteiger partial charge in [0.2, 0.25) is 5.88 Å². The largest absolute Gasteiger partial charge is 0.367 e. The van der Waals surface area contributed by atoms with Gasteiger partial charge in [0.05, 0.1) is 11.3 Å². The molecule has 0 saturated carbocycles. The molecule has 0 saturated heterocycles. The van der Waals surface area contributed by atoms with E-state index < -0.39 is 11.6 Å². The molecule has 1 aromatic carbocycles. The van der Waals surface area contributed by atoms with Crippen molar-refractivity contribution in [2.45, 2.75) is 32.6 Å². The van der Waals surface area contributed by atoms with Gasteiger partial charge in [-0.15, -0.1) is 0 Å². The summed E-state index contributed by atoms with van der Waals surface area (Å²) in [5.41, 5.74) is 6.98. The number of nitrogens with zero attached hydrogens (tertiary/aromatic N) is 1. The van der Waals surface area contributed by atoms with Crippen LogP contribution in [-0.2, 0) is 6.42 Å². The van der Waals surface area contributed by atoms with E-state index in [4.69, 9.17) is 10.3 Å². The van der Waals surface area contributed by atoms with Gasteiger partial charge < -0.3 is 10.3 Å². The fourth-order valence-corrected chi connectivity index (χ4v) is 2.03.